The molecule has 1 amide bonds. The Morgan fingerprint density at radius 1 is 1.50 bits per heavy atom. The Hall–Kier alpha value is -0.610. The third-order valence-electron chi connectivity index (χ3n) is 2.78. The third-order valence-corrected chi connectivity index (χ3v) is 2.78. The fourth-order valence-electron chi connectivity index (χ4n) is 1.80. The summed E-state index contributed by atoms with van der Waals surface area (Å²) in [5.74, 6) is -0.0175. The molecule has 1 aliphatic carbocycles. The summed E-state index contributed by atoms with van der Waals surface area (Å²) in [7, 11) is 0. The topological polar surface area (TPSA) is 64.3 Å². The second-order valence-electron chi connectivity index (χ2n) is 5.43. The molecule has 4 heteroatoms. The molecule has 0 saturated heterocycles. The predicted molar refractivity (Wildman–Crippen MR) is 64.1 cm³/mol. The monoisotopic (exact) mass is 228 g/mol. The highest BCUT2D eigenvalue weighted by Gasteiger charge is 2.22. The van der Waals surface area contributed by atoms with Crippen LogP contribution >= 0.6 is 0 Å². The summed E-state index contributed by atoms with van der Waals surface area (Å²) in [6.07, 6.45) is 4.22. The molecule has 0 aromatic carbocycles. The van der Waals surface area contributed by atoms with Crippen LogP contribution in [0.3, 0.4) is 0 Å². The van der Waals surface area contributed by atoms with E-state index in [1.54, 1.807) is 6.92 Å². The van der Waals surface area contributed by atoms with Gasteiger partial charge in [-0.3, -0.25) is 4.79 Å². The SMILES string of the molecule is CC(OCC(C)(C)N)C(=O)NC1CCCC1. The molecule has 0 spiro atoms. The van der Waals surface area contributed by atoms with Crippen LogP contribution in [0, 0.1) is 0 Å². The van der Waals surface area contributed by atoms with Crippen molar-refractivity contribution >= 4 is 5.91 Å². The van der Waals surface area contributed by atoms with Gasteiger partial charge in [-0.2, -0.15) is 0 Å². The molecule has 1 fully saturated rings. The number of carbonyl (C=O) groups excluding carboxylic acids is 1. The first-order valence-corrected chi connectivity index (χ1v) is 6.09. The lowest BCUT2D eigenvalue weighted by Crippen LogP contribution is -2.44. The van der Waals surface area contributed by atoms with Crippen LogP contribution in [0.4, 0.5) is 0 Å². The summed E-state index contributed by atoms with van der Waals surface area (Å²) >= 11 is 0. The zero-order valence-corrected chi connectivity index (χ0v) is 10.6. The molecule has 3 N–H and O–H groups in total. The standard InChI is InChI=1S/C12H24N2O2/c1-9(16-8-12(2,3)13)11(15)14-10-6-4-5-7-10/h9-10H,4-8,13H2,1-3H3,(H,14,15). The van der Waals surface area contributed by atoms with Crippen molar-refractivity contribution < 1.29 is 9.53 Å². The zero-order chi connectivity index (χ0) is 12.2. The fraction of sp³-hybridized carbons (Fsp3) is 0.917. The molecule has 0 bridgehead atoms. The maximum atomic E-state index is 11.7. The normalized spacial score (nSPS) is 19.8. The van der Waals surface area contributed by atoms with Crippen molar-refractivity contribution in [1.29, 1.82) is 0 Å². The number of ether oxygens (including phenoxy) is 1. The molecule has 1 rings (SSSR count). The maximum Gasteiger partial charge on any atom is 0.249 e. The van der Waals surface area contributed by atoms with Crippen LogP contribution in [0.2, 0.25) is 0 Å². The van der Waals surface area contributed by atoms with E-state index < -0.39 is 6.10 Å². The number of nitrogens with two attached hydrogens (primary N) is 1. The Morgan fingerprint density at radius 3 is 2.56 bits per heavy atom. The molecule has 16 heavy (non-hydrogen) atoms. The first kappa shape index (κ1) is 13.5. The average Bonchev–Trinajstić information content (AvgIpc) is 2.65. The highest BCUT2D eigenvalue weighted by Crippen LogP contribution is 2.17. The second-order valence-corrected chi connectivity index (χ2v) is 5.43. The van der Waals surface area contributed by atoms with Gasteiger partial charge in [-0.05, 0) is 33.6 Å². The molecule has 1 saturated carbocycles. The molecule has 4 nitrogen and oxygen atoms in total. The van der Waals surface area contributed by atoms with Crippen molar-refractivity contribution in [2.24, 2.45) is 5.73 Å². The maximum absolute atomic E-state index is 11.7. The van der Waals surface area contributed by atoms with Gasteiger partial charge in [0.15, 0.2) is 0 Å². The lowest BCUT2D eigenvalue weighted by atomic mass is 10.1. The smallest absolute Gasteiger partial charge is 0.249 e. The van der Waals surface area contributed by atoms with E-state index in [1.807, 2.05) is 13.8 Å². The van der Waals surface area contributed by atoms with Gasteiger partial charge in [0.2, 0.25) is 5.91 Å². The van der Waals surface area contributed by atoms with Crippen molar-refractivity contribution in [3.8, 4) is 0 Å². The number of nitrogens with one attached hydrogen (secondary N) is 1. The van der Waals surface area contributed by atoms with E-state index >= 15 is 0 Å². The van der Waals surface area contributed by atoms with Gasteiger partial charge >= 0.3 is 0 Å². The molecule has 0 aromatic rings. The summed E-state index contributed by atoms with van der Waals surface area (Å²) in [5, 5.41) is 3.01. The second kappa shape index (κ2) is 5.64. The van der Waals surface area contributed by atoms with E-state index in [1.165, 1.54) is 12.8 Å². The minimum Gasteiger partial charge on any atom is -0.367 e. The summed E-state index contributed by atoms with van der Waals surface area (Å²) in [5.41, 5.74) is 5.40. The van der Waals surface area contributed by atoms with E-state index in [2.05, 4.69) is 5.32 Å². The molecular weight excluding hydrogens is 204 g/mol. The van der Waals surface area contributed by atoms with E-state index in [0.717, 1.165) is 12.8 Å². The van der Waals surface area contributed by atoms with Gasteiger partial charge < -0.3 is 15.8 Å². The van der Waals surface area contributed by atoms with Gasteiger partial charge in [0.25, 0.3) is 0 Å². The Labute approximate surface area is 97.9 Å². The highest BCUT2D eigenvalue weighted by atomic mass is 16.5. The van der Waals surface area contributed by atoms with Crippen LogP contribution in [0.1, 0.15) is 46.5 Å². The minimum atomic E-state index is -0.413. The molecular formula is C12H24N2O2. The van der Waals surface area contributed by atoms with Crippen molar-refractivity contribution in [1.82, 2.24) is 5.32 Å². The largest absolute Gasteiger partial charge is 0.367 e. The molecule has 0 aliphatic heterocycles. The van der Waals surface area contributed by atoms with Crippen molar-refractivity contribution in [3.63, 3.8) is 0 Å². The lowest BCUT2D eigenvalue weighted by Gasteiger charge is -2.22. The van der Waals surface area contributed by atoms with Crippen LogP contribution in [-0.4, -0.2) is 30.2 Å². The summed E-state index contributed by atoms with van der Waals surface area (Å²) < 4.78 is 5.44. The molecule has 94 valence electrons. The van der Waals surface area contributed by atoms with Crippen molar-refractivity contribution in [2.45, 2.75) is 64.1 Å². The van der Waals surface area contributed by atoms with Crippen LogP contribution < -0.4 is 11.1 Å². The molecule has 0 radical (unpaired) electrons. The first-order chi connectivity index (χ1) is 7.38. The number of carbonyl (C=O) groups is 1. The van der Waals surface area contributed by atoms with E-state index in [0.29, 0.717) is 12.6 Å². The van der Waals surface area contributed by atoms with Gasteiger partial charge in [0, 0.05) is 11.6 Å². The number of hydrogen-bond acceptors (Lipinski definition) is 3. The molecule has 0 heterocycles. The van der Waals surface area contributed by atoms with Gasteiger partial charge in [-0.25, -0.2) is 0 Å². The molecule has 1 unspecified atom stereocenters. The van der Waals surface area contributed by atoms with Gasteiger partial charge in [-0.1, -0.05) is 12.8 Å². The van der Waals surface area contributed by atoms with Crippen molar-refractivity contribution in [2.75, 3.05) is 6.61 Å². The third kappa shape index (κ3) is 4.94. The van der Waals surface area contributed by atoms with Crippen LogP contribution in [0.5, 0.6) is 0 Å². The Morgan fingerprint density at radius 2 is 2.06 bits per heavy atom. The quantitative estimate of drug-likeness (QED) is 0.743. The number of hydrogen-bond donors (Lipinski definition) is 2. The van der Waals surface area contributed by atoms with Gasteiger partial charge in [0.05, 0.1) is 6.61 Å². The number of amides is 1. The lowest BCUT2D eigenvalue weighted by molar-refractivity contribution is -0.133. The summed E-state index contributed by atoms with van der Waals surface area (Å²) in [6, 6.07) is 0.351. The van der Waals surface area contributed by atoms with Crippen LogP contribution in [0.25, 0.3) is 0 Å². The molecule has 0 aromatic heterocycles. The fourth-order valence-corrected chi connectivity index (χ4v) is 1.80. The Kier molecular flexibility index (Phi) is 4.74. The summed E-state index contributed by atoms with van der Waals surface area (Å²) in [4.78, 5) is 11.7. The average molecular weight is 228 g/mol. The molecule has 1 atom stereocenters. The van der Waals surface area contributed by atoms with Gasteiger partial charge in [-0.15, -0.1) is 0 Å². The van der Waals surface area contributed by atoms with Crippen LogP contribution in [0.15, 0.2) is 0 Å². The summed E-state index contributed by atoms with van der Waals surface area (Å²) in [6.45, 7) is 5.94. The predicted octanol–water partition coefficient (Wildman–Crippen LogP) is 1.19. The van der Waals surface area contributed by atoms with Gasteiger partial charge in [0.1, 0.15) is 6.10 Å². The Balaban J connectivity index is 2.24. The van der Waals surface area contributed by atoms with E-state index in [9.17, 15) is 4.79 Å². The highest BCUT2D eigenvalue weighted by molar-refractivity contribution is 5.80. The number of rotatable bonds is 5. The van der Waals surface area contributed by atoms with E-state index in [4.69, 9.17) is 10.5 Å². The molecule has 1 aliphatic rings. The zero-order valence-electron chi connectivity index (χ0n) is 10.6. The van der Waals surface area contributed by atoms with E-state index in [-0.39, 0.29) is 11.4 Å². The first-order valence-electron chi connectivity index (χ1n) is 6.09. The van der Waals surface area contributed by atoms with Crippen molar-refractivity contribution in [3.05, 3.63) is 0 Å². The van der Waals surface area contributed by atoms with Crippen LogP contribution in [-0.2, 0) is 9.53 Å². The minimum absolute atomic E-state index is 0.0175. The Bertz CT molecular complexity index is 230.